The average Bonchev–Trinajstić information content (AvgIpc) is 2.42. The van der Waals surface area contributed by atoms with Gasteiger partial charge in [0.2, 0.25) is 5.91 Å². The molecular formula is C15H17NO2. The maximum absolute atomic E-state index is 11.4. The van der Waals surface area contributed by atoms with Crippen molar-refractivity contribution >= 4 is 12.0 Å². The highest BCUT2D eigenvalue weighted by Gasteiger charge is 1.94. The van der Waals surface area contributed by atoms with E-state index in [1.165, 1.54) is 6.08 Å². The Bertz CT molecular complexity index is 441. The molecule has 0 saturated carbocycles. The lowest BCUT2D eigenvalue weighted by Gasteiger charge is -2.00. The fraction of sp³-hybridized carbons (Fsp3) is 0.267. The molecule has 0 atom stereocenters. The summed E-state index contributed by atoms with van der Waals surface area (Å²) in [4.78, 5) is 11.4. The molecule has 1 N–H and O–H groups in total. The molecule has 0 radical (unpaired) electrons. The van der Waals surface area contributed by atoms with Gasteiger partial charge < -0.3 is 10.1 Å². The lowest BCUT2D eigenvalue weighted by atomic mass is 10.2. The molecule has 3 heteroatoms. The molecule has 94 valence electrons. The molecule has 0 saturated heterocycles. The molecule has 3 nitrogen and oxygen atoms in total. The van der Waals surface area contributed by atoms with Crippen molar-refractivity contribution in [3.63, 3.8) is 0 Å². The quantitative estimate of drug-likeness (QED) is 0.473. The van der Waals surface area contributed by atoms with Crippen molar-refractivity contribution in [3.05, 3.63) is 35.9 Å². The van der Waals surface area contributed by atoms with E-state index in [2.05, 4.69) is 11.2 Å². The first-order chi connectivity index (χ1) is 8.76. The summed E-state index contributed by atoms with van der Waals surface area (Å²) >= 11 is 0. The minimum atomic E-state index is -0.108. The van der Waals surface area contributed by atoms with Gasteiger partial charge in [-0.2, -0.15) is 0 Å². The predicted molar refractivity (Wildman–Crippen MR) is 73.1 cm³/mol. The molecule has 0 spiro atoms. The van der Waals surface area contributed by atoms with Gasteiger partial charge in [0.25, 0.3) is 0 Å². The van der Waals surface area contributed by atoms with Crippen molar-refractivity contribution in [2.24, 2.45) is 0 Å². The second kappa shape index (κ2) is 7.97. The molecule has 0 aromatic heterocycles. The van der Waals surface area contributed by atoms with Crippen LogP contribution >= 0.6 is 0 Å². The second-order valence-electron chi connectivity index (χ2n) is 3.71. The van der Waals surface area contributed by atoms with Gasteiger partial charge in [-0.25, -0.2) is 0 Å². The lowest BCUT2D eigenvalue weighted by molar-refractivity contribution is -0.116. The summed E-state index contributed by atoms with van der Waals surface area (Å²) in [6.45, 7) is 0.607. The van der Waals surface area contributed by atoms with Crippen LogP contribution in [0.2, 0.25) is 0 Å². The second-order valence-corrected chi connectivity index (χ2v) is 3.71. The third-order valence-corrected chi connectivity index (χ3v) is 2.34. The van der Waals surface area contributed by atoms with Crippen LogP contribution in [0.5, 0.6) is 5.75 Å². The van der Waals surface area contributed by atoms with E-state index in [0.717, 1.165) is 17.7 Å². The molecule has 0 aliphatic carbocycles. The van der Waals surface area contributed by atoms with Crippen molar-refractivity contribution in [3.8, 4) is 18.1 Å². The van der Waals surface area contributed by atoms with Crippen LogP contribution < -0.4 is 10.1 Å². The maximum Gasteiger partial charge on any atom is 0.243 e. The highest BCUT2D eigenvalue weighted by Crippen LogP contribution is 2.12. The van der Waals surface area contributed by atoms with Crippen LogP contribution in [0.4, 0.5) is 0 Å². The van der Waals surface area contributed by atoms with E-state index >= 15 is 0 Å². The van der Waals surface area contributed by atoms with Gasteiger partial charge in [-0.05, 0) is 30.2 Å². The van der Waals surface area contributed by atoms with Crippen LogP contribution in [0.3, 0.4) is 0 Å². The smallest absolute Gasteiger partial charge is 0.243 e. The normalized spacial score (nSPS) is 10.0. The molecule has 0 unspecified atom stereocenters. The first-order valence-corrected chi connectivity index (χ1v) is 5.79. The first kappa shape index (κ1) is 13.9. The Labute approximate surface area is 108 Å². The maximum atomic E-state index is 11.4. The third kappa shape index (κ3) is 5.22. The zero-order valence-corrected chi connectivity index (χ0v) is 10.5. The summed E-state index contributed by atoms with van der Waals surface area (Å²) in [7, 11) is 1.62. The number of benzene rings is 1. The molecule has 1 amide bonds. The number of hydrogen-bond donors (Lipinski definition) is 1. The number of hydrogen-bond acceptors (Lipinski definition) is 2. The number of ether oxygens (including phenoxy) is 1. The number of amides is 1. The van der Waals surface area contributed by atoms with Crippen molar-refractivity contribution in [1.29, 1.82) is 0 Å². The molecule has 0 aliphatic rings. The van der Waals surface area contributed by atoms with E-state index in [1.54, 1.807) is 13.2 Å². The van der Waals surface area contributed by atoms with Crippen LogP contribution in [-0.4, -0.2) is 19.6 Å². The topological polar surface area (TPSA) is 38.3 Å². The number of methoxy groups -OCH3 is 1. The van der Waals surface area contributed by atoms with E-state index in [4.69, 9.17) is 11.2 Å². The molecule has 0 fully saturated rings. The van der Waals surface area contributed by atoms with Gasteiger partial charge in [0, 0.05) is 19.0 Å². The minimum Gasteiger partial charge on any atom is -0.497 e. The Hall–Kier alpha value is -2.21. The van der Waals surface area contributed by atoms with E-state index in [-0.39, 0.29) is 5.91 Å². The number of carbonyl (C=O) groups is 1. The molecule has 1 aromatic rings. The average molecular weight is 243 g/mol. The van der Waals surface area contributed by atoms with Crippen molar-refractivity contribution < 1.29 is 9.53 Å². The molecule has 1 aromatic carbocycles. The van der Waals surface area contributed by atoms with Gasteiger partial charge in [-0.3, -0.25) is 4.79 Å². The Morgan fingerprint density at radius 2 is 2.17 bits per heavy atom. The summed E-state index contributed by atoms with van der Waals surface area (Å²) in [5.74, 6) is 3.22. The zero-order valence-electron chi connectivity index (χ0n) is 10.5. The van der Waals surface area contributed by atoms with E-state index < -0.39 is 0 Å². The zero-order chi connectivity index (χ0) is 13.2. The van der Waals surface area contributed by atoms with E-state index in [0.29, 0.717) is 13.0 Å². The van der Waals surface area contributed by atoms with Gasteiger partial charge in [0.05, 0.1) is 7.11 Å². The Morgan fingerprint density at radius 1 is 1.44 bits per heavy atom. The predicted octanol–water partition coefficient (Wildman–Crippen LogP) is 2.24. The fourth-order valence-electron chi connectivity index (χ4n) is 1.35. The van der Waals surface area contributed by atoms with Crippen molar-refractivity contribution in [1.82, 2.24) is 5.32 Å². The summed E-state index contributed by atoms with van der Waals surface area (Å²) < 4.78 is 5.05. The Kier molecular flexibility index (Phi) is 6.13. The van der Waals surface area contributed by atoms with Crippen molar-refractivity contribution in [2.45, 2.75) is 12.8 Å². The molecule has 0 heterocycles. The molecule has 0 bridgehead atoms. The number of carbonyl (C=O) groups excluding carboxylic acids is 1. The Balaban J connectivity index is 2.38. The van der Waals surface area contributed by atoms with Crippen LogP contribution in [0, 0.1) is 12.3 Å². The monoisotopic (exact) mass is 243 g/mol. The highest BCUT2D eigenvalue weighted by molar-refractivity contribution is 5.91. The molecule has 0 aliphatic heterocycles. The molecule has 18 heavy (non-hydrogen) atoms. The van der Waals surface area contributed by atoms with Gasteiger partial charge in [-0.15, -0.1) is 12.3 Å². The highest BCUT2D eigenvalue weighted by atomic mass is 16.5. The van der Waals surface area contributed by atoms with E-state index in [9.17, 15) is 4.79 Å². The number of rotatable bonds is 6. The van der Waals surface area contributed by atoms with Crippen LogP contribution in [0.15, 0.2) is 30.3 Å². The van der Waals surface area contributed by atoms with Crippen molar-refractivity contribution in [2.75, 3.05) is 13.7 Å². The number of unbranched alkanes of at least 4 members (excludes halogenated alkanes) is 1. The Morgan fingerprint density at radius 3 is 2.78 bits per heavy atom. The van der Waals surface area contributed by atoms with Gasteiger partial charge in [0.1, 0.15) is 5.75 Å². The standard InChI is InChI=1S/C15H17NO2/c1-3-4-5-12-16-15(17)11-8-13-6-9-14(18-2)10-7-13/h1,6-11H,4-5,12H2,2H3,(H,16,17)/b11-8+. The SMILES string of the molecule is C#CCCCNC(=O)/C=C/c1ccc(OC)cc1. The van der Waals surface area contributed by atoms with Crippen LogP contribution in [-0.2, 0) is 4.79 Å². The van der Waals surface area contributed by atoms with E-state index in [1.807, 2.05) is 24.3 Å². The van der Waals surface area contributed by atoms with Gasteiger partial charge in [0.15, 0.2) is 0 Å². The fourth-order valence-corrected chi connectivity index (χ4v) is 1.35. The minimum absolute atomic E-state index is 0.108. The third-order valence-electron chi connectivity index (χ3n) is 2.34. The van der Waals surface area contributed by atoms with Crippen LogP contribution in [0.25, 0.3) is 6.08 Å². The van der Waals surface area contributed by atoms with Gasteiger partial charge >= 0.3 is 0 Å². The number of nitrogens with one attached hydrogen (secondary N) is 1. The molecular weight excluding hydrogens is 226 g/mol. The summed E-state index contributed by atoms with van der Waals surface area (Å²) in [6.07, 6.45) is 9.88. The summed E-state index contributed by atoms with van der Waals surface area (Å²) in [6, 6.07) is 7.48. The number of terminal acetylenes is 1. The summed E-state index contributed by atoms with van der Waals surface area (Å²) in [5, 5.41) is 2.76. The molecule has 1 rings (SSSR count). The van der Waals surface area contributed by atoms with Crippen LogP contribution in [0.1, 0.15) is 18.4 Å². The first-order valence-electron chi connectivity index (χ1n) is 5.79. The van der Waals surface area contributed by atoms with Gasteiger partial charge in [-0.1, -0.05) is 12.1 Å². The lowest BCUT2D eigenvalue weighted by Crippen LogP contribution is -2.21. The largest absolute Gasteiger partial charge is 0.497 e. The summed E-state index contributed by atoms with van der Waals surface area (Å²) in [5.41, 5.74) is 0.953.